The Labute approximate surface area is 155 Å². The largest absolute Gasteiger partial charge is 0.474 e. The summed E-state index contributed by atoms with van der Waals surface area (Å²) in [5.41, 5.74) is 0.185. The van der Waals surface area contributed by atoms with E-state index in [1.54, 1.807) is 6.07 Å². The first-order valence-electron chi connectivity index (χ1n) is 9.28. The highest BCUT2D eigenvalue weighted by Crippen LogP contribution is 2.50. The summed E-state index contributed by atoms with van der Waals surface area (Å²) in [6.07, 6.45) is 5.52. The molecule has 5 rings (SSSR count). The van der Waals surface area contributed by atoms with Crippen molar-refractivity contribution in [3.8, 4) is 5.88 Å². The predicted octanol–water partition coefficient (Wildman–Crippen LogP) is 1.79. The van der Waals surface area contributed by atoms with E-state index in [9.17, 15) is 9.18 Å². The topological polar surface area (TPSA) is 87.2 Å². The van der Waals surface area contributed by atoms with E-state index in [0.29, 0.717) is 12.4 Å². The van der Waals surface area contributed by atoms with Crippen molar-refractivity contribution in [2.45, 2.75) is 31.3 Å². The second-order valence-electron chi connectivity index (χ2n) is 7.90. The number of pyridine rings is 1. The minimum absolute atomic E-state index is 0.0998. The number of likely N-dealkylation sites (tertiary alicyclic amines) is 2. The van der Waals surface area contributed by atoms with Crippen molar-refractivity contribution >= 4 is 6.03 Å². The van der Waals surface area contributed by atoms with Crippen LogP contribution in [0.15, 0.2) is 24.7 Å². The Morgan fingerprint density at radius 1 is 1.26 bits per heavy atom. The van der Waals surface area contributed by atoms with Crippen LogP contribution in [0, 0.1) is 11.2 Å². The van der Waals surface area contributed by atoms with Gasteiger partial charge < -0.3 is 14.5 Å². The summed E-state index contributed by atoms with van der Waals surface area (Å²) in [5, 5.41) is 6.80. The van der Waals surface area contributed by atoms with Crippen molar-refractivity contribution in [2.24, 2.45) is 5.41 Å². The van der Waals surface area contributed by atoms with Crippen LogP contribution < -0.4 is 4.74 Å². The molecule has 27 heavy (non-hydrogen) atoms. The first-order chi connectivity index (χ1) is 13.1. The molecule has 0 radical (unpaired) electrons. The monoisotopic (exact) mass is 372 g/mol. The fourth-order valence-corrected chi connectivity index (χ4v) is 4.52. The zero-order chi connectivity index (χ0) is 18.4. The first kappa shape index (κ1) is 16.5. The fraction of sp³-hybridized carbons (Fsp3) is 0.556. The van der Waals surface area contributed by atoms with Crippen LogP contribution in [-0.2, 0) is 0 Å². The van der Waals surface area contributed by atoms with E-state index in [2.05, 4.69) is 20.2 Å². The van der Waals surface area contributed by atoms with Crippen molar-refractivity contribution in [2.75, 3.05) is 26.2 Å². The Kier molecular flexibility index (Phi) is 3.76. The molecule has 4 heterocycles. The van der Waals surface area contributed by atoms with Gasteiger partial charge in [-0.25, -0.2) is 19.2 Å². The number of hydrogen-bond donors (Lipinski definition) is 1. The summed E-state index contributed by atoms with van der Waals surface area (Å²) >= 11 is 0. The molecule has 0 unspecified atom stereocenters. The van der Waals surface area contributed by atoms with Crippen molar-refractivity contribution in [1.29, 1.82) is 0 Å². The molecule has 1 spiro atoms. The van der Waals surface area contributed by atoms with Gasteiger partial charge in [-0.05, 0) is 25.3 Å². The zero-order valence-electron chi connectivity index (χ0n) is 14.8. The predicted molar refractivity (Wildman–Crippen MR) is 92.6 cm³/mol. The van der Waals surface area contributed by atoms with Gasteiger partial charge in [-0.2, -0.15) is 5.10 Å². The molecule has 0 bridgehead atoms. The van der Waals surface area contributed by atoms with Gasteiger partial charge in [0.2, 0.25) is 5.88 Å². The van der Waals surface area contributed by atoms with Crippen LogP contribution in [0.5, 0.6) is 5.88 Å². The van der Waals surface area contributed by atoms with Crippen molar-refractivity contribution in [3.05, 3.63) is 36.3 Å². The highest BCUT2D eigenvalue weighted by Gasteiger charge is 2.55. The molecule has 2 aromatic heterocycles. The summed E-state index contributed by atoms with van der Waals surface area (Å²) in [6.45, 7) is 3.02. The number of aromatic nitrogens is 4. The van der Waals surface area contributed by atoms with Crippen molar-refractivity contribution < 1.29 is 13.9 Å². The van der Waals surface area contributed by atoms with Gasteiger partial charge >= 0.3 is 6.03 Å². The molecule has 2 saturated heterocycles. The number of H-pyrrole nitrogens is 1. The lowest BCUT2D eigenvalue weighted by Gasteiger charge is -2.58. The van der Waals surface area contributed by atoms with E-state index in [1.807, 2.05) is 9.80 Å². The molecular formula is C18H21FN6O2. The maximum atomic E-state index is 12.9. The van der Waals surface area contributed by atoms with Crippen LogP contribution in [0.1, 0.15) is 31.0 Å². The number of urea groups is 1. The molecule has 1 saturated carbocycles. The molecule has 3 aliphatic rings. The average Bonchev–Trinajstić information content (AvgIpc) is 3.28. The third kappa shape index (κ3) is 3.00. The minimum Gasteiger partial charge on any atom is -0.474 e. The van der Waals surface area contributed by atoms with E-state index in [-0.39, 0.29) is 29.3 Å². The lowest BCUT2D eigenvalue weighted by Crippen LogP contribution is -2.67. The number of nitrogens with zero attached hydrogens (tertiary/aromatic N) is 5. The third-order valence-electron chi connectivity index (χ3n) is 5.91. The van der Waals surface area contributed by atoms with Crippen LogP contribution in [-0.4, -0.2) is 68.3 Å². The first-order valence-corrected chi connectivity index (χ1v) is 9.28. The third-order valence-corrected chi connectivity index (χ3v) is 5.91. The molecule has 2 aliphatic heterocycles. The Bertz CT molecular complexity index is 813. The number of amides is 2. The molecule has 9 heteroatoms. The number of halogens is 1. The lowest BCUT2D eigenvalue weighted by molar-refractivity contribution is -0.104. The van der Waals surface area contributed by atoms with Crippen molar-refractivity contribution in [3.63, 3.8) is 0 Å². The molecule has 2 amide bonds. The lowest BCUT2D eigenvalue weighted by atomic mass is 9.62. The number of hydrogen-bond acceptors (Lipinski definition) is 5. The maximum absolute atomic E-state index is 12.9. The number of carbonyl (C=O) groups excluding carboxylic acids is 1. The van der Waals surface area contributed by atoms with Gasteiger partial charge in [-0.3, -0.25) is 5.10 Å². The number of ether oxygens (including phenoxy) is 1. The maximum Gasteiger partial charge on any atom is 0.320 e. The number of rotatable bonds is 3. The highest BCUT2D eigenvalue weighted by atomic mass is 19.1. The summed E-state index contributed by atoms with van der Waals surface area (Å²) in [5.74, 6) is 1.20. The molecule has 1 atom stereocenters. The standard InChI is InChI=1S/C18H21FN6O2/c19-13-1-2-15(20-7-13)27-14-5-18(6-14)9-25(10-18)17(26)24-4-3-12(8-24)16-21-11-22-23-16/h1-2,7,11-12,14H,3-6,8-10H2,(H,21,22,23)/t12-/m0/s1. The van der Waals surface area contributed by atoms with Gasteiger partial charge in [-0.15, -0.1) is 0 Å². The quantitative estimate of drug-likeness (QED) is 0.888. The molecule has 8 nitrogen and oxygen atoms in total. The number of nitrogens with one attached hydrogen (secondary N) is 1. The van der Waals surface area contributed by atoms with Gasteiger partial charge in [0.25, 0.3) is 0 Å². The summed E-state index contributed by atoms with van der Waals surface area (Å²) in [6, 6.07) is 3.02. The van der Waals surface area contributed by atoms with Crippen LogP contribution in [0.4, 0.5) is 9.18 Å². The van der Waals surface area contributed by atoms with E-state index in [1.165, 1.54) is 12.4 Å². The van der Waals surface area contributed by atoms with Gasteiger partial charge in [0.1, 0.15) is 24.1 Å². The molecule has 2 aromatic rings. The van der Waals surface area contributed by atoms with Gasteiger partial charge in [0, 0.05) is 43.6 Å². The molecule has 0 aromatic carbocycles. The second kappa shape index (κ2) is 6.17. The van der Waals surface area contributed by atoms with Crippen molar-refractivity contribution in [1.82, 2.24) is 30.0 Å². The molecule has 3 fully saturated rings. The van der Waals surface area contributed by atoms with Gasteiger partial charge in [0.15, 0.2) is 0 Å². The summed E-state index contributed by atoms with van der Waals surface area (Å²) < 4.78 is 18.7. The molecular weight excluding hydrogens is 351 g/mol. The Hall–Kier alpha value is -2.71. The van der Waals surface area contributed by atoms with Crippen LogP contribution in [0.2, 0.25) is 0 Å². The molecule has 1 N–H and O–H groups in total. The van der Waals surface area contributed by atoms with Gasteiger partial charge in [-0.1, -0.05) is 0 Å². The van der Waals surface area contributed by atoms with E-state index >= 15 is 0 Å². The van der Waals surface area contributed by atoms with E-state index < -0.39 is 0 Å². The highest BCUT2D eigenvalue weighted by molar-refractivity contribution is 5.76. The zero-order valence-corrected chi connectivity index (χ0v) is 14.8. The minimum atomic E-state index is -0.368. The number of carbonyl (C=O) groups is 1. The summed E-state index contributed by atoms with van der Waals surface area (Å²) in [7, 11) is 0. The fourth-order valence-electron chi connectivity index (χ4n) is 4.52. The number of aromatic amines is 1. The smallest absolute Gasteiger partial charge is 0.320 e. The molecule has 142 valence electrons. The molecule has 1 aliphatic carbocycles. The van der Waals surface area contributed by atoms with Crippen LogP contribution >= 0.6 is 0 Å². The normalized spacial score (nSPS) is 24.0. The average molecular weight is 372 g/mol. The van der Waals surface area contributed by atoms with Crippen LogP contribution in [0.25, 0.3) is 0 Å². The second-order valence-corrected chi connectivity index (χ2v) is 7.90. The Balaban J connectivity index is 1.09. The van der Waals surface area contributed by atoms with Crippen LogP contribution in [0.3, 0.4) is 0 Å². The summed E-state index contributed by atoms with van der Waals surface area (Å²) in [4.78, 5) is 24.7. The van der Waals surface area contributed by atoms with E-state index in [4.69, 9.17) is 4.74 Å². The Morgan fingerprint density at radius 3 is 2.81 bits per heavy atom. The Morgan fingerprint density at radius 2 is 2.11 bits per heavy atom. The van der Waals surface area contributed by atoms with E-state index in [0.717, 1.165) is 50.9 Å². The SMILES string of the molecule is O=C(N1CC[C@H](c2ncn[nH]2)C1)N1CC2(CC(Oc3ccc(F)cn3)C2)C1. The van der Waals surface area contributed by atoms with Gasteiger partial charge in [0.05, 0.1) is 6.20 Å².